The molecule has 3 heterocycles. The van der Waals surface area contributed by atoms with Crippen LogP contribution in [-0.2, 0) is 16.9 Å². The van der Waals surface area contributed by atoms with Crippen molar-refractivity contribution in [2.45, 2.75) is 44.0 Å². The van der Waals surface area contributed by atoms with E-state index in [0.717, 1.165) is 46.3 Å². The third-order valence-corrected chi connectivity index (χ3v) is 9.00. The summed E-state index contributed by atoms with van der Waals surface area (Å²) in [7, 11) is 0. The van der Waals surface area contributed by atoms with Crippen LogP contribution in [-0.4, -0.2) is 34.4 Å². The minimum atomic E-state index is -1.22. The minimum Gasteiger partial charge on any atom is -0.378 e. The van der Waals surface area contributed by atoms with Crippen molar-refractivity contribution >= 4 is 16.1 Å². The molecule has 172 valence electrons. The summed E-state index contributed by atoms with van der Waals surface area (Å²) in [6.45, 7) is 3.95. The highest BCUT2D eigenvalue weighted by molar-refractivity contribution is 9.05. The van der Waals surface area contributed by atoms with E-state index in [0.29, 0.717) is 6.61 Å². The number of halogens is 1. The number of hydrogen-bond acceptors (Lipinski definition) is 2. The van der Waals surface area contributed by atoms with Gasteiger partial charge in [-0.2, -0.15) is 0 Å². The van der Waals surface area contributed by atoms with Crippen LogP contribution in [0.25, 0.3) is 0 Å². The summed E-state index contributed by atoms with van der Waals surface area (Å²) in [5, 5.41) is 12.6. The molecule has 0 radical (unpaired) electrons. The van der Waals surface area contributed by atoms with Crippen molar-refractivity contribution in [3.63, 3.8) is 0 Å². The molecule has 1 unspecified atom stereocenters. The predicted octanol–water partition coefficient (Wildman–Crippen LogP) is 6.21. The highest BCUT2D eigenvalue weighted by atomic mass is 79.9. The van der Waals surface area contributed by atoms with E-state index in [1.807, 2.05) is 78.9 Å². The molecule has 33 heavy (non-hydrogen) atoms. The van der Waals surface area contributed by atoms with Gasteiger partial charge in [-0.15, -0.1) is 0 Å². The lowest BCUT2D eigenvalue weighted by Gasteiger charge is -2.53. The Bertz CT molecular complexity index is 977. The van der Waals surface area contributed by atoms with Crippen LogP contribution < -0.4 is 0 Å². The maximum Gasteiger partial charge on any atom is 0.227 e. The summed E-state index contributed by atoms with van der Waals surface area (Å²) in [6, 6.07) is 30.5. The minimum absolute atomic E-state index is 0.215. The molecule has 3 aliphatic rings. The zero-order chi connectivity index (χ0) is 22.8. The monoisotopic (exact) mass is 506 g/mol. The number of ether oxygens (including phenoxy) is 1. The van der Waals surface area contributed by atoms with E-state index in [1.54, 1.807) is 0 Å². The number of rotatable bonds is 8. The molecule has 3 saturated heterocycles. The van der Waals surface area contributed by atoms with Crippen LogP contribution in [0.3, 0.4) is 0 Å². The summed E-state index contributed by atoms with van der Waals surface area (Å²) in [6.07, 6.45) is 4.01. The fourth-order valence-electron chi connectivity index (χ4n) is 5.74. The van der Waals surface area contributed by atoms with Crippen LogP contribution in [0.2, 0.25) is 0 Å². The van der Waals surface area contributed by atoms with Gasteiger partial charge in [0.15, 0.2) is 0 Å². The third-order valence-electron chi connectivity index (χ3n) is 7.93. The molecule has 3 aromatic rings. The van der Waals surface area contributed by atoms with Crippen LogP contribution in [0.1, 0.15) is 42.4 Å². The van der Waals surface area contributed by atoms with E-state index in [2.05, 4.69) is 28.3 Å². The van der Waals surface area contributed by atoms with Gasteiger partial charge in [0.05, 0.1) is 32.3 Å². The van der Waals surface area contributed by atoms with Crippen molar-refractivity contribution in [3.8, 4) is 0 Å². The van der Waals surface area contributed by atoms with Gasteiger partial charge in [-0.25, -0.2) is 0 Å². The molecular formula is C29H33BrNO2+. The summed E-state index contributed by atoms with van der Waals surface area (Å²) in [5.41, 5.74) is 1.91. The fourth-order valence-corrected chi connectivity index (χ4v) is 6.28. The number of benzene rings is 3. The number of nitrogens with zero attached hydrogens (tertiary/aromatic N) is 1. The Kier molecular flexibility index (Phi) is 6.45. The number of piperidine rings is 3. The summed E-state index contributed by atoms with van der Waals surface area (Å²) < 4.78 is 7.73. The zero-order valence-electron chi connectivity index (χ0n) is 19.1. The van der Waals surface area contributed by atoms with Crippen LogP contribution in [0.15, 0.2) is 91.0 Å². The summed E-state index contributed by atoms with van der Waals surface area (Å²) >= 11 is 3.95. The van der Waals surface area contributed by atoms with Gasteiger partial charge in [0.1, 0.15) is 5.60 Å². The molecule has 1 N–H and O–H groups in total. The normalized spacial score (nSPS) is 25.6. The molecule has 3 nitrogen and oxygen atoms in total. The average Bonchev–Trinajstić information content (AvgIpc) is 2.89. The topological polar surface area (TPSA) is 29.5 Å². The molecular weight excluding hydrogens is 474 g/mol. The quantitative estimate of drug-likeness (QED) is 0.368. The first kappa shape index (κ1) is 22.8. The van der Waals surface area contributed by atoms with E-state index in [1.165, 1.54) is 19.3 Å². The van der Waals surface area contributed by atoms with Crippen molar-refractivity contribution in [2.75, 3.05) is 19.6 Å². The van der Waals surface area contributed by atoms with Crippen molar-refractivity contribution in [2.24, 2.45) is 5.41 Å². The van der Waals surface area contributed by atoms with Gasteiger partial charge >= 0.3 is 0 Å². The lowest BCUT2D eigenvalue weighted by atomic mass is 9.65. The maximum atomic E-state index is 12.6. The smallest absolute Gasteiger partial charge is 0.227 e. The number of fused-ring (bicyclic) bond motifs is 3. The molecule has 0 aliphatic carbocycles. The Balaban J connectivity index is 1.53. The molecule has 3 fully saturated rings. The molecule has 2 bridgehead atoms. The first-order valence-corrected chi connectivity index (χ1v) is 12.8. The number of aliphatic hydroxyl groups is 1. The molecule has 0 saturated carbocycles. The maximum absolute atomic E-state index is 12.6. The van der Waals surface area contributed by atoms with Crippen LogP contribution in [0, 0.1) is 5.41 Å². The second-order valence-corrected chi connectivity index (χ2v) is 11.4. The highest BCUT2D eigenvalue weighted by Crippen LogP contribution is 2.51. The van der Waals surface area contributed by atoms with Crippen LogP contribution in [0.5, 0.6) is 0 Å². The second-order valence-electron chi connectivity index (χ2n) is 9.94. The second kappa shape index (κ2) is 9.34. The fraction of sp³-hybridized carbons (Fsp3) is 0.379. The van der Waals surface area contributed by atoms with E-state index < -0.39 is 5.60 Å². The molecule has 0 aromatic heterocycles. The van der Waals surface area contributed by atoms with E-state index in [4.69, 9.17) is 4.74 Å². The van der Waals surface area contributed by atoms with E-state index in [-0.39, 0.29) is 11.5 Å². The molecule has 0 amide bonds. The van der Waals surface area contributed by atoms with Gasteiger partial charge in [0.25, 0.3) is 0 Å². The van der Waals surface area contributed by atoms with Crippen molar-refractivity contribution in [3.05, 3.63) is 108 Å². The SMILES string of the molecule is OC(c1ccccc1)(c1ccccc1)C(CC12CC[N+](Br)(CC1)CC2)OCc1ccccc1. The molecule has 4 heteroatoms. The Morgan fingerprint density at radius 3 is 1.73 bits per heavy atom. The van der Waals surface area contributed by atoms with Gasteiger partial charge in [-0.1, -0.05) is 91.0 Å². The van der Waals surface area contributed by atoms with Crippen molar-refractivity contribution in [1.82, 2.24) is 0 Å². The lowest BCUT2D eigenvalue weighted by Crippen LogP contribution is -2.57. The molecule has 1 atom stereocenters. The first-order chi connectivity index (χ1) is 16.0. The Hall–Kier alpha value is -1.98. The molecule has 6 rings (SSSR count). The Morgan fingerprint density at radius 1 is 0.788 bits per heavy atom. The van der Waals surface area contributed by atoms with Crippen molar-refractivity contribution < 1.29 is 13.4 Å². The lowest BCUT2D eigenvalue weighted by molar-refractivity contribution is -0.804. The average molecular weight is 507 g/mol. The Morgan fingerprint density at radius 2 is 1.24 bits per heavy atom. The third kappa shape index (κ3) is 4.67. The van der Waals surface area contributed by atoms with Crippen LogP contribution in [0.4, 0.5) is 0 Å². The standard InChI is InChI=1S/C29H33BrNO2/c30-31-19-16-28(17-20-31,18-21-31)22-27(33-23-24-10-4-1-5-11-24)29(32,25-12-6-2-7-13-25)26-14-8-3-9-15-26/h1-15,27,32H,16-23H2/q+1. The van der Waals surface area contributed by atoms with E-state index >= 15 is 0 Å². The molecule has 3 aliphatic heterocycles. The summed E-state index contributed by atoms with van der Waals surface area (Å²) in [4.78, 5) is 0. The molecule has 3 aromatic carbocycles. The van der Waals surface area contributed by atoms with Gasteiger partial charge in [-0.05, 0) is 28.5 Å². The molecule has 0 spiro atoms. The number of hydrogen-bond donors (Lipinski definition) is 1. The predicted molar refractivity (Wildman–Crippen MR) is 136 cm³/mol. The zero-order valence-corrected chi connectivity index (χ0v) is 20.7. The highest BCUT2D eigenvalue weighted by Gasteiger charge is 2.52. The number of quaternary nitrogens is 1. The summed E-state index contributed by atoms with van der Waals surface area (Å²) in [5.74, 6) is 0. The van der Waals surface area contributed by atoms with Gasteiger partial charge in [0, 0.05) is 19.3 Å². The van der Waals surface area contributed by atoms with Crippen molar-refractivity contribution in [1.29, 1.82) is 0 Å². The van der Waals surface area contributed by atoms with Gasteiger partial charge < -0.3 is 9.84 Å². The van der Waals surface area contributed by atoms with Crippen LogP contribution >= 0.6 is 16.1 Å². The first-order valence-electron chi connectivity index (χ1n) is 12.1. The van der Waals surface area contributed by atoms with E-state index in [9.17, 15) is 5.11 Å². The Labute approximate surface area is 206 Å². The largest absolute Gasteiger partial charge is 0.378 e. The van der Waals surface area contributed by atoms with Gasteiger partial charge in [0.2, 0.25) is 16.1 Å². The van der Waals surface area contributed by atoms with Gasteiger partial charge in [-0.3, -0.25) is 3.51 Å².